The van der Waals surface area contributed by atoms with Crippen LogP contribution in [0.1, 0.15) is 11.5 Å². The van der Waals surface area contributed by atoms with Crippen LogP contribution in [0.15, 0.2) is 40.7 Å². The van der Waals surface area contributed by atoms with Crippen molar-refractivity contribution < 1.29 is 0 Å². The Morgan fingerprint density at radius 3 is 2.92 bits per heavy atom. The summed E-state index contributed by atoms with van der Waals surface area (Å²) in [7, 11) is 0. The SMILES string of the molecule is Cc1nsc(N=Nc2cn(-c3cccc(NCCS)c3)nc2C)n1. The zero-order valence-electron chi connectivity index (χ0n) is 13.3. The number of aromatic nitrogens is 4. The van der Waals surface area contributed by atoms with E-state index < -0.39 is 0 Å². The van der Waals surface area contributed by atoms with Gasteiger partial charge >= 0.3 is 0 Å². The highest BCUT2D eigenvalue weighted by Crippen LogP contribution is 2.24. The molecule has 0 spiro atoms. The Morgan fingerprint density at radius 2 is 2.17 bits per heavy atom. The van der Waals surface area contributed by atoms with Crippen LogP contribution in [0.25, 0.3) is 5.69 Å². The molecule has 0 aliphatic carbocycles. The van der Waals surface area contributed by atoms with Crippen LogP contribution >= 0.6 is 24.2 Å². The predicted octanol–water partition coefficient (Wildman–Crippen LogP) is 4.10. The maximum atomic E-state index is 4.51. The van der Waals surface area contributed by atoms with E-state index in [9.17, 15) is 0 Å². The zero-order valence-corrected chi connectivity index (χ0v) is 15.1. The normalized spacial score (nSPS) is 11.3. The molecule has 3 aromatic rings. The van der Waals surface area contributed by atoms with Crippen LogP contribution in [0.3, 0.4) is 0 Å². The summed E-state index contributed by atoms with van der Waals surface area (Å²) in [5.74, 6) is 1.48. The molecule has 0 saturated heterocycles. The third-order valence-corrected chi connectivity index (χ3v) is 4.10. The monoisotopic (exact) mass is 359 g/mol. The van der Waals surface area contributed by atoms with Crippen molar-refractivity contribution in [2.45, 2.75) is 13.8 Å². The van der Waals surface area contributed by atoms with E-state index in [4.69, 9.17) is 0 Å². The zero-order chi connectivity index (χ0) is 16.9. The Hall–Kier alpha value is -2.26. The lowest BCUT2D eigenvalue weighted by Crippen LogP contribution is -2.03. The number of rotatable bonds is 6. The molecular formula is C15H17N7S2. The van der Waals surface area contributed by atoms with Crippen molar-refractivity contribution in [2.24, 2.45) is 10.2 Å². The Morgan fingerprint density at radius 1 is 1.29 bits per heavy atom. The summed E-state index contributed by atoms with van der Waals surface area (Å²) in [6.07, 6.45) is 1.85. The third kappa shape index (κ3) is 3.98. The Kier molecular flexibility index (Phi) is 5.21. The lowest BCUT2D eigenvalue weighted by atomic mass is 10.3. The van der Waals surface area contributed by atoms with E-state index in [-0.39, 0.29) is 0 Å². The van der Waals surface area contributed by atoms with Gasteiger partial charge < -0.3 is 5.32 Å². The minimum absolute atomic E-state index is 0.539. The van der Waals surface area contributed by atoms with Gasteiger partial charge in [-0.15, -0.1) is 10.2 Å². The van der Waals surface area contributed by atoms with Gasteiger partial charge in [0.05, 0.1) is 17.6 Å². The van der Waals surface area contributed by atoms with E-state index in [1.807, 2.05) is 44.3 Å². The van der Waals surface area contributed by atoms with Crippen molar-refractivity contribution in [3.05, 3.63) is 42.0 Å². The fraction of sp³-hybridized carbons (Fsp3) is 0.267. The molecule has 0 amide bonds. The molecule has 0 atom stereocenters. The van der Waals surface area contributed by atoms with Gasteiger partial charge in [-0.05, 0) is 32.0 Å². The van der Waals surface area contributed by atoms with Gasteiger partial charge in [0.15, 0.2) is 0 Å². The molecule has 1 N–H and O–H groups in total. The highest BCUT2D eigenvalue weighted by molar-refractivity contribution is 7.80. The van der Waals surface area contributed by atoms with Crippen molar-refractivity contribution in [3.8, 4) is 5.69 Å². The molecule has 0 unspecified atom stereocenters. The largest absolute Gasteiger partial charge is 0.384 e. The van der Waals surface area contributed by atoms with Gasteiger partial charge in [0.25, 0.3) is 0 Å². The van der Waals surface area contributed by atoms with Gasteiger partial charge in [0, 0.05) is 29.5 Å². The second-order valence-corrected chi connectivity index (χ2v) is 6.25. The van der Waals surface area contributed by atoms with Gasteiger partial charge in [-0.3, -0.25) is 0 Å². The summed E-state index contributed by atoms with van der Waals surface area (Å²) >= 11 is 5.43. The number of aryl methyl sites for hydroxylation is 2. The average Bonchev–Trinajstić information content (AvgIpc) is 3.17. The van der Waals surface area contributed by atoms with Crippen LogP contribution in [0.4, 0.5) is 16.5 Å². The molecule has 124 valence electrons. The Bertz CT molecular complexity index is 853. The topological polar surface area (TPSA) is 80.4 Å². The molecule has 0 radical (unpaired) electrons. The molecule has 24 heavy (non-hydrogen) atoms. The van der Waals surface area contributed by atoms with Gasteiger partial charge in [-0.2, -0.15) is 22.1 Å². The average molecular weight is 359 g/mol. The number of thiol groups is 1. The number of azo groups is 1. The molecule has 0 fully saturated rings. The maximum Gasteiger partial charge on any atom is 0.249 e. The summed E-state index contributed by atoms with van der Waals surface area (Å²) in [4.78, 5) is 4.17. The van der Waals surface area contributed by atoms with Crippen LogP contribution in [-0.2, 0) is 0 Å². The first-order chi connectivity index (χ1) is 11.7. The summed E-state index contributed by atoms with van der Waals surface area (Å²) in [5.41, 5.74) is 3.49. The molecule has 2 heterocycles. The molecule has 0 bridgehead atoms. The Labute approximate surface area is 149 Å². The first kappa shape index (κ1) is 16.6. The van der Waals surface area contributed by atoms with E-state index in [1.54, 1.807) is 4.68 Å². The molecule has 0 aliphatic heterocycles. The summed E-state index contributed by atoms with van der Waals surface area (Å²) < 4.78 is 5.87. The number of nitrogens with zero attached hydrogens (tertiary/aromatic N) is 6. The van der Waals surface area contributed by atoms with Crippen LogP contribution in [0, 0.1) is 13.8 Å². The first-order valence-corrected chi connectivity index (χ1v) is 8.80. The first-order valence-electron chi connectivity index (χ1n) is 7.39. The molecule has 9 heteroatoms. The quantitative estimate of drug-likeness (QED) is 0.513. The standard InChI is InChI=1S/C15H17N7S2/c1-10-14(18-19-15-17-11(2)21-24-15)9-22(20-10)13-5-3-4-12(8-13)16-6-7-23/h3-5,8-9,16,23H,6-7H2,1-2H3. The van der Waals surface area contributed by atoms with Gasteiger partial charge in [-0.1, -0.05) is 6.07 Å². The smallest absolute Gasteiger partial charge is 0.249 e. The van der Waals surface area contributed by atoms with E-state index in [1.165, 1.54) is 11.5 Å². The molecule has 0 aliphatic rings. The fourth-order valence-corrected chi connectivity index (χ4v) is 2.68. The molecule has 1 aromatic carbocycles. The lowest BCUT2D eigenvalue weighted by Gasteiger charge is -2.07. The molecule has 2 aromatic heterocycles. The van der Waals surface area contributed by atoms with E-state index in [0.29, 0.717) is 16.6 Å². The highest BCUT2D eigenvalue weighted by atomic mass is 32.1. The fourth-order valence-electron chi connectivity index (χ4n) is 2.06. The second-order valence-electron chi connectivity index (χ2n) is 5.07. The number of benzene rings is 1. The van der Waals surface area contributed by atoms with Gasteiger partial charge in [0.1, 0.15) is 11.5 Å². The summed E-state index contributed by atoms with van der Waals surface area (Å²) in [6, 6.07) is 8.03. The number of hydrogen-bond donors (Lipinski definition) is 2. The van der Waals surface area contributed by atoms with Gasteiger partial charge in [0.2, 0.25) is 5.13 Å². The molecule has 3 rings (SSSR count). The molecular weight excluding hydrogens is 342 g/mol. The van der Waals surface area contributed by atoms with Gasteiger partial charge in [-0.25, -0.2) is 9.67 Å². The molecule has 0 saturated carbocycles. The predicted molar refractivity (Wildman–Crippen MR) is 99.5 cm³/mol. The van der Waals surface area contributed by atoms with Crippen LogP contribution in [0.2, 0.25) is 0 Å². The van der Waals surface area contributed by atoms with Crippen molar-refractivity contribution >= 4 is 40.7 Å². The van der Waals surface area contributed by atoms with Crippen molar-refractivity contribution in [1.82, 2.24) is 19.1 Å². The highest BCUT2D eigenvalue weighted by Gasteiger charge is 2.07. The second kappa shape index (κ2) is 7.54. The van der Waals surface area contributed by atoms with E-state index >= 15 is 0 Å². The number of anilines is 1. The minimum Gasteiger partial charge on any atom is -0.384 e. The van der Waals surface area contributed by atoms with Crippen LogP contribution in [-0.4, -0.2) is 31.4 Å². The van der Waals surface area contributed by atoms with E-state index in [2.05, 4.69) is 42.6 Å². The van der Waals surface area contributed by atoms with Crippen molar-refractivity contribution in [2.75, 3.05) is 17.6 Å². The minimum atomic E-state index is 0.539. The lowest BCUT2D eigenvalue weighted by molar-refractivity contribution is 0.863. The van der Waals surface area contributed by atoms with Crippen molar-refractivity contribution in [3.63, 3.8) is 0 Å². The maximum absolute atomic E-state index is 4.51. The Balaban J connectivity index is 1.82. The summed E-state index contributed by atoms with van der Waals surface area (Å²) in [6.45, 7) is 4.54. The number of nitrogens with one attached hydrogen (secondary N) is 1. The van der Waals surface area contributed by atoms with Crippen molar-refractivity contribution in [1.29, 1.82) is 0 Å². The van der Waals surface area contributed by atoms with Crippen LogP contribution < -0.4 is 5.32 Å². The van der Waals surface area contributed by atoms with Crippen LogP contribution in [0.5, 0.6) is 0 Å². The third-order valence-electron chi connectivity index (χ3n) is 3.18. The molecule has 7 nitrogen and oxygen atoms in total. The number of hydrogen-bond acceptors (Lipinski definition) is 8. The van der Waals surface area contributed by atoms with E-state index in [0.717, 1.165) is 29.4 Å². The summed E-state index contributed by atoms with van der Waals surface area (Å²) in [5, 5.41) is 16.7.